The smallest absolute Gasteiger partial charge is 0.337 e. The second kappa shape index (κ2) is 7.38. The van der Waals surface area contributed by atoms with Crippen molar-refractivity contribution in [2.45, 2.75) is 0 Å². The van der Waals surface area contributed by atoms with Gasteiger partial charge in [-0.3, -0.25) is 4.79 Å². The van der Waals surface area contributed by atoms with E-state index in [1.165, 1.54) is 18.2 Å². The van der Waals surface area contributed by atoms with Crippen LogP contribution in [0.1, 0.15) is 15.9 Å². The molecule has 0 aliphatic heterocycles. The van der Waals surface area contributed by atoms with Crippen molar-refractivity contribution in [1.29, 1.82) is 5.26 Å². The van der Waals surface area contributed by atoms with Crippen LogP contribution < -0.4 is 5.32 Å². The van der Waals surface area contributed by atoms with Crippen LogP contribution in [0.4, 0.5) is 5.69 Å². The zero-order chi connectivity index (χ0) is 16.8. The van der Waals surface area contributed by atoms with E-state index in [2.05, 4.69) is 21.2 Å². The number of hydrogen-bond donors (Lipinski definition) is 2. The van der Waals surface area contributed by atoms with E-state index in [9.17, 15) is 14.9 Å². The van der Waals surface area contributed by atoms with Crippen molar-refractivity contribution in [1.82, 2.24) is 0 Å². The van der Waals surface area contributed by atoms with E-state index in [0.717, 1.165) is 4.47 Å². The number of halogens is 1. The van der Waals surface area contributed by atoms with Crippen LogP contribution in [-0.2, 0) is 4.79 Å². The number of nitrogens with zero attached hydrogens (tertiary/aromatic N) is 1. The molecule has 0 fully saturated rings. The van der Waals surface area contributed by atoms with Crippen LogP contribution in [0.5, 0.6) is 0 Å². The Morgan fingerprint density at radius 1 is 1.17 bits per heavy atom. The molecule has 0 saturated heterocycles. The Labute approximate surface area is 141 Å². The number of nitriles is 1. The van der Waals surface area contributed by atoms with E-state index in [1.807, 2.05) is 12.1 Å². The topological polar surface area (TPSA) is 90.2 Å². The standard InChI is InChI=1S/C17H11BrN2O3/c18-13-5-3-4-11(9-13)8-12(10-19)16(21)20-15-7-2-1-6-14(15)17(22)23/h1-9H,(H,20,21)(H,22,23). The van der Waals surface area contributed by atoms with Crippen LogP contribution in [0.2, 0.25) is 0 Å². The van der Waals surface area contributed by atoms with E-state index in [-0.39, 0.29) is 16.8 Å². The van der Waals surface area contributed by atoms with Gasteiger partial charge in [-0.1, -0.05) is 40.2 Å². The summed E-state index contributed by atoms with van der Waals surface area (Å²) >= 11 is 3.31. The second-order valence-electron chi connectivity index (χ2n) is 4.53. The number of rotatable bonds is 4. The lowest BCUT2D eigenvalue weighted by molar-refractivity contribution is -0.112. The highest BCUT2D eigenvalue weighted by Crippen LogP contribution is 2.18. The zero-order valence-electron chi connectivity index (χ0n) is 11.8. The predicted octanol–water partition coefficient (Wildman–Crippen LogP) is 3.69. The van der Waals surface area contributed by atoms with Gasteiger partial charge in [0.1, 0.15) is 11.6 Å². The summed E-state index contributed by atoms with van der Waals surface area (Å²) in [5.41, 5.74) is 0.655. The first-order valence-corrected chi connectivity index (χ1v) is 7.31. The fourth-order valence-corrected chi connectivity index (χ4v) is 2.30. The maximum absolute atomic E-state index is 12.2. The Morgan fingerprint density at radius 3 is 2.57 bits per heavy atom. The molecule has 6 heteroatoms. The van der Waals surface area contributed by atoms with Crippen LogP contribution in [0.3, 0.4) is 0 Å². The van der Waals surface area contributed by atoms with Gasteiger partial charge >= 0.3 is 5.97 Å². The van der Waals surface area contributed by atoms with Crippen LogP contribution in [0.25, 0.3) is 6.08 Å². The van der Waals surface area contributed by atoms with Gasteiger partial charge in [0, 0.05) is 4.47 Å². The quantitative estimate of drug-likeness (QED) is 0.634. The molecule has 0 bridgehead atoms. The van der Waals surface area contributed by atoms with Crippen molar-refractivity contribution in [2.75, 3.05) is 5.32 Å². The molecule has 0 unspecified atom stereocenters. The number of benzene rings is 2. The summed E-state index contributed by atoms with van der Waals surface area (Å²) in [5.74, 6) is -1.82. The number of carbonyl (C=O) groups is 2. The molecule has 1 amide bonds. The lowest BCUT2D eigenvalue weighted by Gasteiger charge is -2.07. The molecule has 0 saturated carbocycles. The highest BCUT2D eigenvalue weighted by molar-refractivity contribution is 9.10. The van der Waals surface area contributed by atoms with Gasteiger partial charge in [-0.05, 0) is 35.9 Å². The highest BCUT2D eigenvalue weighted by atomic mass is 79.9. The molecule has 0 radical (unpaired) electrons. The van der Waals surface area contributed by atoms with Crippen molar-refractivity contribution >= 4 is 39.6 Å². The molecule has 0 spiro atoms. The van der Waals surface area contributed by atoms with Gasteiger partial charge in [0.05, 0.1) is 11.3 Å². The third-order valence-electron chi connectivity index (χ3n) is 2.93. The van der Waals surface area contributed by atoms with Crippen LogP contribution in [0.15, 0.2) is 58.6 Å². The van der Waals surface area contributed by atoms with Crippen molar-refractivity contribution < 1.29 is 14.7 Å². The predicted molar refractivity (Wildman–Crippen MR) is 89.8 cm³/mol. The summed E-state index contributed by atoms with van der Waals surface area (Å²) in [4.78, 5) is 23.3. The SMILES string of the molecule is N#CC(=Cc1cccc(Br)c1)C(=O)Nc1ccccc1C(=O)O. The van der Waals surface area contributed by atoms with Crippen molar-refractivity contribution in [3.05, 3.63) is 69.7 Å². The summed E-state index contributed by atoms with van der Waals surface area (Å²) in [6.07, 6.45) is 1.43. The largest absolute Gasteiger partial charge is 0.478 e. The van der Waals surface area contributed by atoms with Crippen molar-refractivity contribution in [3.8, 4) is 6.07 Å². The molecule has 0 atom stereocenters. The van der Waals surface area contributed by atoms with Gasteiger partial charge in [0.15, 0.2) is 0 Å². The molecule has 0 aromatic heterocycles. The molecule has 2 aromatic carbocycles. The number of para-hydroxylation sites is 1. The van der Waals surface area contributed by atoms with E-state index in [4.69, 9.17) is 5.11 Å². The number of carbonyl (C=O) groups excluding carboxylic acids is 1. The van der Waals surface area contributed by atoms with Gasteiger partial charge in [0.2, 0.25) is 0 Å². The van der Waals surface area contributed by atoms with Crippen LogP contribution in [0, 0.1) is 11.3 Å². The molecule has 114 valence electrons. The maximum atomic E-state index is 12.2. The van der Waals surface area contributed by atoms with Gasteiger partial charge in [-0.15, -0.1) is 0 Å². The number of amides is 1. The van der Waals surface area contributed by atoms with Gasteiger partial charge in [-0.2, -0.15) is 5.26 Å². The molecule has 2 rings (SSSR count). The van der Waals surface area contributed by atoms with Gasteiger partial charge in [0.25, 0.3) is 5.91 Å². The summed E-state index contributed by atoms with van der Waals surface area (Å²) in [6, 6.07) is 14.9. The summed E-state index contributed by atoms with van der Waals surface area (Å²) < 4.78 is 0.820. The fraction of sp³-hybridized carbons (Fsp3) is 0. The minimum atomic E-state index is -1.16. The van der Waals surface area contributed by atoms with E-state index in [0.29, 0.717) is 5.56 Å². The highest BCUT2D eigenvalue weighted by Gasteiger charge is 2.14. The van der Waals surface area contributed by atoms with Gasteiger partial charge in [-0.25, -0.2) is 4.79 Å². The monoisotopic (exact) mass is 370 g/mol. The Kier molecular flexibility index (Phi) is 5.28. The van der Waals surface area contributed by atoms with E-state index < -0.39 is 11.9 Å². The first kappa shape index (κ1) is 16.5. The minimum absolute atomic E-state index is 0.0411. The zero-order valence-corrected chi connectivity index (χ0v) is 13.4. The Balaban J connectivity index is 2.29. The summed E-state index contributed by atoms with van der Waals surface area (Å²) in [7, 11) is 0. The summed E-state index contributed by atoms with van der Waals surface area (Å²) in [5, 5.41) is 20.7. The number of carboxylic acid groups (broad SMARTS) is 1. The van der Waals surface area contributed by atoms with Gasteiger partial charge < -0.3 is 10.4 Å². The first-order valence-electron chi connectivity index (χ1n) is 6.52. The van der Waals surface area contributed by atoms with E-state index in [1.54, 1.807) is 30.3 Å². The number of anilines is 1. The van der Waals surface area contributed by atoms with E-state index >= 15 is 0 Å². The normalized spacial score (nSPS) is 10.7. The third-order valence-corrected chi connectivity index (χ3v) is 3.42. The number of hydrogen-bond acceptors (Lipinski definition) is 3. The Hall–Kier alpha value is -2.91. The molecular formula is C17H11BrN2O3. The number of nitrogens with one attached hydrogen (secondary N) is 1. The molecule has 5 nitrogen and oxygen atoms in total. The molecule has 0 aliphatic rings. The molecule has 2 aromatic rings. The van der Waals surface area contributed by atoms with Crippen molar-refractivity contribution in [3.63, 3.8) is 0 Å². The number of aromatic carboxylic acids is 1. The third kappa shape index (κ3) is 4.28. The lowest BCUT2D eigenvalue weighted by Crippen LogP contribution is -2.16. The summed E-state index contributed by atoms with van der Waals surface area (Å²) in [6.45, 7) is 0. The minimum Gasteiger partial charge on any atom is -0.478 e. The van der Waals surface area contributed by atoms with Crippen LogP contribution in [-0.4, -0.2) is 17.0 Å². The molecule has 0 aliphatic carbocycles. The average molecular weight is 371 g/mol. The molecule has 0 heterocycles. The maximum Gasteiger partial charge on any atom is 0.337 e. The molecule has 2 N–H and O–H groups in total. The Bertz CT molecular complexity index is 838. The molecule has 23 heavy (non-hydrogen) atoms. The van der Waals surface area contributed by atoms with Crippen LogP contribution >= 0.6 is 15.9 Å². The fourth-order valence-electron chi connectivity index (χ4n) is 1.88. The first-order chi connectivity index (χ1) is 11.0. The second-order valence-corrected chi connectivity index (χ2v) is 5.45. The van der Waals surface area contributed by atoms with Crippen molar-refractivity contribution in [2.24, 2.45) is 0 Å². The number of carboxylic acids is 1. The molecular weight excluding hydrogens is 360 g/mol. The average Bonchev–Trinajstić information content (AvgIpc) is 2.53. The lowest BCUT2D eigenvalue weighted by atomic mass is 10.1. The Morgan fingerprint density at radius 2 is 1.91 bits per heavy atom.